The summed E-state index contributed by atoms with van der Waals surface area (Å²) >= 11 is 0. The van der Waals surface area contributed by atoms with Crippen LogP contribution in [-0.2, 0) is 15.7 Å². The van der Waals surface area contributed by atoms with E-state index in [0.29, 0.717) is 37.4 Å². The van der Waals surface area contributed by atoms with E-state index in [1.165, 1.54) is 0 Å². The molecule has 1 amide bonds. The van der Waals surface area contributed by atoms with Gasteiger partial charge in [0.1, 0.15) is 11.8 Å². The number of hydrogen-bond donors (Lipinski definition) is 0. The second-order valence-electron chi connectivity index (χ2n) is 7.75. The second-order valence-corrected chi connectivity index (χ2v) is 7.75. The van der Waals surface area contributed by atoms with E-state index >= 15 is 0 Å². The maximum Gasteiger partial charge on any atom is 0.433 e. The van der Waals surface area contributed by atoms with Crippen LogP contribution >= 0.6 is 0 Å². The third-order valence-electron chi connectivity index (χ3n) is 5.43. The Morgan fingerprint density at radius 2 is 2.04 bits per heavy atom. The van der Waals surface area contributed by atoms with Crippen molar-refractivity contribution in [2.75, 3.05) is 13.2 Å². The van der Waals surface area contributed by atoms with Gasteiger partial charge in [-0.3, -0.25) is 4.79 Å². The number of aromatic nitrogens is 3. The third kappa shape index (κ3) is 3.36. The zero-order chi connectivity index (χ0) is 20.1. The smallest absolute Gasteiger partial charge is 0.368 e. The second kappa shape index (κ2) is 7.02. The molecule has 9 heteroatoms. The van der Waals surface area contributed by atoms with E-state index in [4.69, 9.17) is 4.74 Å². The molecular formula is C19H23F3N4O2. The lowest BCUT2D eigenvalue weighted by Crippen LogP contribution is -2.38. The summed E-state index contributed by atoms with van der Waals surface area (Å²) < 4.78 is 47.1. The number of rotatable bonds is 3. The van der Waals surface area contributed by atoms with Crippen LogP contribution in [0.25, 0.3) is 5.65 Å². The normalized spacial score (nSPS) is 23.3. The molecule has 152 valence electrons. The standard InChI is InChI=1S/C19H23F3N4O2/c1-11(2)12-9-16(19(20,21)22)26-17(23-12)10-13(24-26)14-5-3-7-25(14)18(27)15-6-4-8-28-15/h9-11,14-15H,3-8H2,1-2H3/t14-,15+/m0/s1. The van der Waals surface area contributed by atoms with Crippen LogP contribution in [0.2, 0.25) is 0 Å². The summed E-state index contributed by atoms with van der Waals surface area (Å²) in [5.41, 5.74) is 0.125. The molecule has 4 rings (SSSR count). The fourth-order valence-electron chi connectivity index (χ4n) is 3.97. The van der Waals surface area contributed by atoms with Crippen LogP contribution in [0.4, 0.5) is 13.2 Å². The number of likely N-dealkylation sites (tertiary alicyclic amines) is 1. The highest BCUT2D eigenvalue weighted by Crippen LogP contribution is 2.36. The van der Waals surface area contributed by atoms with E-state index in [2.05, 4.69) is 10.1 Å². The van der Waals surface area contributed by atoms with E-state index in [-0.39, 0.29) is 23.5 Å². The lowest BCUT2D eigenvalue weighted by atomic mass is 10.1. The summed E-state index contributed by atoms with van der Waals surface area (Å²) in [6, 6.07) is 2.28. The molecule has 2 aliphatic heterocycles. The number of alkyl halides is 3. The maximum absolute atomic E-state index is 13.6. The van der Waals surface area contributed by atoms with Crippen molar-refractivity contribution < 1.29 is 22.7 Å². The maximum atomic E-state index is 13.6. The summed E-state index contributed by atoms with van der Waals surface area (Å²) in [7, 11) is 0. The van der Waals surface area contributed by atoms with Gasteiger partial charge in [0, 0.05) is 24.9 Å². The van der Waals surface area contributed by atoms with Gasteiger partial charge in [0.25, 0.3) is 5.91 Å². The summed E-state index contributed by atoms with van der Waals surface area (Å²) in [6.07, 6.45) is -2.01. The Bertz CT molecular complexity index is 887. The Hall–Kier alpha value is -2.16. The molecule has 0 bridgehead atoms. The number of ether oxygens (including phenoxy) is 1. The van der Waals surface area contributed by atoms with Gasteiger partial charge in [0.05, 0.1) is 11.7 Å². The molecule has 2 aromatic rings. The van der Waals surface area contributed by atoms with E-state index in [9.17, 15) is 18.0 Å². The van der Waals surface area contributed by atoms with Crippen molar-refractivity contribution in [2.45, 2.75) is 63.8 Å². The minimum Gasteiger partial charge on any atom is -0.368 e. The van der Waals surface area contributed by atoms with E-state index in [0.717, 1.165) is 23.4 Å². The van der Waals surface area contributed by atoms with Gasteiger partial charge in [-0.1, -0.05) is 13.8 Å². The highest BCUT2D eigenvalue weighted by Gasteiger charge is 2.39. The van der Waals surface area contributed by atoms with Crippen molar-refractivity contribution in [2.24, 2.45) is 0 Å². The molecule has 0 saturated carbocycles. The van der Waals surface area contributed by atoms with Crippen LogP contribution in [0.5, 0.6) is 0 Å². The van der Waals surface area contributed by atoms with Crippen LogP contribution in [0.3, 0.4) is 0 Å². The number of carbonyl (C=O) groups is 1. The van der Waals surface area contributed by atoms with Gasteiger partial charge in [-0.2, -0.15) is 18.3 Å². The van der Waals surface area contributed by atoms with Crippen LogP contribution < -0.4 is 0 Å². The van der Waals surface area contributed by atoms with Crippen LogP contribution in [0, 0.1) is 0 Å². The molecule has 2 atom stereocenters. The molecule has 0 unspecified atom stereocenters. The zero-order valence-corrected chi connectivity index (χ0v) is 15.9. The highest BCUT2D eigenvalue weighted by molar-refractivity contribution is 5.82. The SMILES string of the molecule is CC(C)c1cc(C(F)(F)F)n2nc([C@@H]3CCCN3C(=O)[C@H]3CCCO3)cc2n1. The summed E-state index contributed by atoms with van der Waals surface area (Å²) in [5, 5.41) is 4.22. The first kappa shape index (κ1) is 19.2. The number of nitrogens with zero attached hydrogens (tertiary/aromatic N) is 4. The highest BCUT2D eigenvalue weighted by atomic mass is 19.4. The predicted molar refractivity (Wildman–Crippen MR) is 94.7 cm³/mol. The monoisotopic (exact) mass is 396 g/mol. The largest absolute Gasteiger partial charge is 0.433 e. The molecule has 0 aliphatic carbocycles. The van der Waals surface area contributed by atoms with Gasteiger partial charge in [0.15, 0.2) is 5.65 Å². The van der Waals surface area contributed by atoms with Crippen molar-refractivity contribution in [3.8, 4) is 0 Å². The summed E-state index contributed by atoms with van der Waals surface area (Å²) in [5.74, 6) is -0.238. The molecule has 4 heterocycles. The van der Waals surface area contributed by atoms with Crippen molar-refractivity contribution >= 4 is 11.6 Å². The lowest BCUT2D eigenvalue weighted by Gasteiger charge is -2.25. The number of hydrogen-bond acceptors (Lipinski definition) is 4. The average molecular weight is 396 g/mol. The minimum atomic E-state index is -4.54. The van der Waals surface area contributed by atoms with Crippen molar-refractivity contribution in [3.05, 3.63) is 29.2 Å². The van der Waals surface area contributed by atoms with Crippen LogP contribution in [0.1, 0.15) is 68.6 Å². The quantitative estimate of drug-likeness (QED) is 0.794. The van der Waals surface area contributed by atoms with Gasteiger partial charge in [-0.25, -0.2) is 9.50 Å². The molecular weight excluding hydrogens is 373 g/mol. The number of amides is 1. The van der Waals surface area contributed by atoms with Gasteiger partial charge >= 0.3 is 6.18 Å². The van der Waals surface area contributed by atoms with E-state index < -0.39 is 18.0 Å². The molecule has 0 spiro atoms. The number of fused-ring (bicyclic) bond motifs is 1. The molecule has 0 radical (unpaired) electrons. The zero-order valence-electron chi connectivity index (χ0n) is 15.9. The van der Waals surface area contributed by atoms with Gasteiger partial charge < -0.3 is 9.64 Å². The molecule has 2 saturated heterocycles. The Morgan fingerprint density at radius 1 is 1.25 bits per heavy atom. The molecule has 2 fully saturated rings. The first-order valence-corrected chi connectivity index (χ1v) is 9.65. The Labute approximate surface area is 160 Å². The summed E-state index contributed by atoms with van der Waals surface area (Å²) in [4.78, 5) is 18.9. The van der Waals surface area contributed by atoms with Crippen LogP contribution in [-0.4, -0.2) is 44.7 Å². The Morgan fingerprint density at radius 3 is 2.68 bits per heavy atom. The lowest BCUT2D eigenvalue weighted by molar-refractivity contribution is -0.143. The molecule has 28 heavy (non-hydrogen) atoms. The molecule has 2 aromatic heterocycles. The fraction of sp³-hybridized carbons (Fsp3) is 0.632. The van der Waals surface area contributed by atoms with Crippen molar-refractivity contribution in [1.29, 1.82) is 0 Å². The van der Waals surface area contributed by atoms with Crippen LogP contribution in [0.15, 0.2) is 12.1 Å². The minimum absolute atomic E-state index is 0.0936. The van der Waals surface area contributed by atoms with E-state index in [1.54, 1.807) is 24.8 Å². The number of halogens is 3. The van der Waals surface area contributed by atoms with Gasteiger partial charge in [-0.15, -0.1) is 0 Å². The van der Waals surface area contributed by atoms with Gasteiger partial charge in [-0.05, 0) is 37.7 Å². The molecule has 2 aliphatic rings. The fourth-order valence-corrected chi connectivity index (χ4v) is 3.97. The Balaban J connectivity index is 1.73. The number of carbonyl (C=O) groups excluding carboxylic acids is 1. The first-order valence-electron chi connectivity index (χ1n) is 9.65. The summed E-state index contributed by atoms with van der Waals surface area (Å²) in [6.45, 7) is 4.73. The molecule has 0 N–H and O–H groups in total. The molecule has 6 nitrogen and oxygen atoms in total. The topological polar surface area (TPSA) is 59.7 Å². The Kier molecular flexibility index (Phi) is 4.81. The van der Waals surface area contributed by atoms with Gasteiger partial charge in [0.2, 0.25) is 0 Å². The molecule has 0 aromatic carbocycles. The first-order chi connectivity index (χ1) is 13.3. The third-order valence-corrected chi connectivity index (χ3v) is 5.43. The predicted octanol–water partition coefficient (Wildman–Crippen LogP) is 3.71. The van der Waals surface area contributed by atoms with E-state index in [1.807, 2.05) is 0 Å². The van der Waals surface area contributed by atoms with Crippen molar-refractivity contribution in [1.82, 2.24) is 19.5 Å². The average Bonchev–Trinajstić information content (AvgIpc) is 3.38. The van der Waals surface area contributed by atoms with Crippen molar-refractivity contribution in [3.63, 3.8) is 0 Å².